The number of hydrogen-bond acceptors (Lipinski definition) is 5. The van der Waals surface area contributed by atoms with E-state index < -0.39 is 0 Å². The summed E-state index contributed by atoms with van der Waals surface area (Å²) in [5, 5.41) is 0. The van der Waals surface area contributed by atoms with Gasteiger partial charge in [0.05, 0.1) is 52.9 Å². The molecule has 0 spiro atoms. The SMILES string of the molecule is CCCCCC[Si]OCCOCCOCCOCCOCC. The van der Waals surface area contributed by atoms with Crippen LogP contribution in [-0.2, 0) is 23.4 Å². The lowest BCUT2D eigenvalue weighted by molar-refractivity contribution is -0.00335. The molecule has 22 heavy (non-hydrogen) atoms. The van der Waals surface area contributed by atoms with E-state index in [4.69, 9.17) is 23.4 Å². The van der Waals surface area contributed by atoms with Crippen LogP contribution >= 0.6 is 0 Å². The molecular formula is C16H34O5Si. The number of hydrogen-bond donors (Lipinski definition) is 0. The van der Waals surface area contributed by atoms with Crippen LogP contribution in [0.4, 0.5) is 0 Å². The van der Waals surface area contributed by atoms with Gasteiger partial charge in [-0.2, -0.15) is 0 Å². The largest absolute Gasteiger partial charge is 0.415 e. The van der Waals surface area contributed by atoms with Gasteiger partial charge in [0.25, 0.3) is 0 Å². The van der Waals surface area contributed by atoms with Crippen LogP contribution in [0, 0.1) is 0 Å². The van der Waals surface area contributed by atoms with Gasteiger partial charge in [0.2, 0.25) is 9.76 Å². The molecule has 0 saturated heterocycles. The zero-order valence-electron chi connectivity index (χ0n) is 14.4. The maximum Gasteiger partial charge on any atom is 0.229 e. The number of unbranched alkanes of at least 4 members (excludes halogenated alkanes) is 3. The van der Waals surface area contributed by atoms with Crippen LogP contribution in [0.5, 0.6) is 0 Å². The van der Waals surface area contributed by atoms with Crippen molar-refractivity contribution in [2.24, 2.45) is 0 Å². The van der Waals surface area contributed by atoms with Crippen LogP contribution in [0.15, 0.2) is 0 Å². The van der Waals surface area contributed by atoms with Crippen molar-refractivity contribution in [1.29, 1.82) is 0 Å². The molecule has 0 aliphatic carbocycles. The molecule has 0 aliphatic rings. The first-order valence-corrected chi connectivity index (χ1v) is 9.69. The van der Waals surface area contributed by atoms with E-state index in [0.29, 0.717) is 62.6 Å². The van der Waals surface area contributed by atoms with Gasteiger partial charge in [0.15, 0.2) is 0 Å². The molecule has 0 unspecified atom stereocenters. The van der Waals surface area contributed by atoms with Gasteiger partial charge in [-0.15, -0.1) is 0 Å². The molecule has 0 heterocycles. The van der Waals surface area contributed by atoms with E-state index in [1.165, 1.54) is 31.7 Å². The predicted molar refractivity (Wildman–Crippen MR) is 89.6 cm³/mol. The summed E-state index contributed by atoms with van der Waals surface area (Å²) < 4.78 is 26.9. The molecular weight excluding hydrogens is 300 g/mol. The Morgan fingerprint density at radius 1 is 0.591 bits per heavy atom. The molecule has 0 aromatic rings. The van der Waals surface area contributed by atoms with Gasteiger partial charge in [-0.1, -0.05) is 32.6 Å². The molecule has 0 atom stereocenters. The summed E-state index contributed by atoms with van der Waals surface area (Å²) in [4.78, 5) is 0. The van der Waals surface area contributed by atoms with E-state index >= 15 is 0 Å². The Morgan fingerprint density at radius 2 is 1.14 bits per heavy atom. The minimum Gasteiger partial charge on any atom is -0.415 e. The van der Waals surface area contributed by atoms with Gasteiger partial charge in [0, 0.05) is 6.61 Å². The molecule has 0 bridgehead atoms. The molecule has 0 N–H and O–H groups in total. The summed E-state index contributed by atoms with van der Waals surface area (Å²) in [5.74, 6) is 0. The average Bonchev–Trinajstić information content (AvgIpc) is 2.54. The summed E-state index contributed by atoms with van der Waals surface area (Å²) in [5.41, 5.74) is 0. The van der Waals surface area contributed by atoms with Crippen LogP contribution in [0.1, 0.15) is 39.5 Å². The van der Waals surface area contributed by atoms with Crippen molar-refractivity contribution in [3.63, 3.8) is 0 Å². The highest BCUT2D eigenvalue weighted by Crippen LogP contribution is 2.02. The highest BCUT2D eigenvalue weighted by atomic mass is 28.2. The molecule has 0 aromatic carbocycles. The average molecular weight is 335 g/mol. The molecule has 0 fully saturated rings. The lowest BCUT2D eigenvalue weighted by Gasteiger charge is -2.07. The fourth-order valence-electron chi connectivity index (χ4n) is 1.67. The molecule has 5 nitrogen and oxygen atoms in total. The van der Waals surface area contributed by atoms with Gasteiger partial charge in [-0.05, 0) is 13.0 Å². The lowest BCUT2D eigenvalue weighted by Crippen LogP contribution is -2.13. The Morgan fingerprint density at radius 3 is 1.68 bits per heavy atom. The van der Waals surface area contributed by atoms with Crippen molar-refractivity contribution in [2.75, 3.05) is 59.5 Å². The molecule has 6 heteroatoms. The Hall–Kier alpha value is 0.0169. The minimum absolute atomic E-state index is 0.602. The van der Waals surface area contributed by atoms with Crippen LogP contribution in [0.3, 0.4) is 0 Å². The van der Waals surface area contributed by atoms with Crippen molar-refractivity contribution >= 4 is 9.76 Å². The monoisotopic (exact) mass is 334 g/mol. The van der Waals surface area contributed by atoms with Crippen molar-refractivity contribution in [3.8, 4) is 0 Å². The third kappa shape index (κ3) is 20.0. The summed E-state index contributed by atoms with van der Waals surface area (Å²) in [6.45, 7) is 9.99. The van der Waals surface area contributed by atoms with Gasteiger partial charge in [-0.25, -0.2) is 0 Å². The fraction of sp³-hybridized carbons (Fsp3) is 1.00. The van der Waals surface area contributed by atoms with E-state index in [1.54, 1.807) is 0 Å². The van der Waals surface area contributed by atoms with Crippen LogP contribution in [0.2, 0.25) is 6.04 Å². The highest BCUT2D eigenvalue weighted by molar-refractivity contribution is 6.26. The normalized spacial score (nSPS) is 11.2. The zero-order valence-corrected chi connectivity index (χ0v) is 15.4. The van der Waals surface area contributed by atoms with Crippen LogP contribution < -0.4 is 0 Å². The second kappa shape index (κ2) is 21.0. The molecule has 0 aliphatic heterocycles. The fourth-order valence-corrected chi connectivity index (χ4v) is 2.44. The standard InChI is InChI=1S/C16H34O5Si/c1-3-5-6-7-16-22-21-15-14-20-13-12-19-11-10-18-9-8-17-4-2/h3-16H2,1-2H3. The van der Waals surface area contributed by atoms with Crippen molar-refractivity contribution in [2.45, 2.75) is 45.6 Å². The van der Waals surface area contributed by atoms with E-state index in [0.717, 1.165) is 6.61 Å². The van der Waals surface area contributed by atoms with Crippen molar-refractivity contribution in [3.05, 3.63) is 0 Å². The molecule has 132 valence electrons. The summed E-state index contributed by atoms with van der Waals surface area (Å²) >= 11 is 0. The van der Waals surface area contributed by atoms with E-state index in [1.807, 2.05) is 6.92 Å². The first-order valence-electron chi connectivity index (χ1n) is 8.57. The topological polar surface area (TPSA) is 46.2 Å². The zero-order chi connectivity index (χ0) is 16.1. The molecule has 0 rings (SSSR count). The number of ether oxygens (including phenoxy) is 4. The van der Waals surface area contributed by atoms with Crippen LogP contribution in [-0.4, -0.2) is 69.2 Å². The van der Waals surface area contributed by atoms with E-state index in [9.17, 15) is 0 Å². The summed E-state index contributed by atoms with van der Waals surface area (Å²) in [7, 11) is 0.617. The van der Waals surface area contributed by atoms with E-state index in [-0.39, 0.29) is 0 Å². The first kappa shape index (κ1) is 22.0. The molecule has 0 amide bonds. The minimum atomic E-state index is 0.602. The third-order valence-corrected chi connectivity index (χ3v) is 3.85. The second-order valence-corrected chi connectivity index (χ2v) is 5.91. The molecule has 0 aromatic heterocycles. The Balaban J connectivity index is 2.91. The van der Waals surface area contributed by atoms with Gasteiger partial charge >= 0.3 is 0 Å². The highest BCUT2D eigenvalue weighted by Gasteiger charge is 1.95. The van der Waals surface area contributed by atoms with Crippen LogP contribution in [0.25, 0.3) is 0 Å². The Bertz CT molecular complexity index is 175. The summed E-state index contributed by atoms with van der Waals surface area (Å²) in [6, 6.07) is 1.19. The Kier molecular flexibility index (Phi) is 21.0. The maximum atomic E-state index is 5.54. The van der Waals surface area contributed by atoms with E-state index in [2.05, 4.69) is 6.92 Å². The first-order chi connectivity index (χ1) is 10.9. The quantitative estimate of drug-likeness (QED) is 0.268. The third-order valence-electron chi connectivity index (χ3n) is 2.88. The smallest absolute Gasteiger partial charge is 0.229 e. The molecule has 2 radical (unpaired) electrons. The second-order valence-electron chi connectivity index (χ2n) is 4.84. The number of rotatable bonds is 19. The van der Waals surface area contributed by atoms with Gasteiger partial charge < -0.3 is 23.4 Å². The van der Waals surface area contributed by atoms with Crippen molar-refractivity contribution in [1.82, 2.24) is 0 Å². The van der Waals surface area contributed by atoms with Crippen molar-refractivity contribution < 1.29 is 23.4 Å². The van der Waals surface area contributed by atoms with Gasteiger partial charge in [0.1, 0.15) is 0 Å². The predicted octanol–water partition coefficient (Wildman–Crippen LogP) is 2.71. The molecule has 0 saturated carbocycles. The summed E-state index contributed by atoms with van der Waals surface area (Å²) in [6.07, 6.45) is 5.24. The maximum absolute atomic E-state index is 5.54. The Labute approximate surface area is 138 Å². The van der Waals surface area contributed by atoms with Gasteiger partial charge in [-0.3, -0.25) is 0 Å². The lowest BCUT2D eigenvalue weighted by atomic mass is 10.2.